The number of nitrogens with one attached hydrogen (secondary N) is 1. The molecule has 0 aliphatic heterocycles. The van der Waals surface area contributed by atoms with Gasteiger partial charge in [0.2, 0.25) is 5.91 Å². The number of rotatable bonds is 11. The van der Waals surface area contributed by atoms with Gasteiger partial charge in [-0.2, -0.15) is 0 Å². The first-order valence-corrected chi connectivity index (χ1v) is 13.0. The summed E-state index contributed by atoms with van der Waals surface area (Å²) in [7, 11) is -1.30. The molecule has 9 nitrogen and oxygen atoms in total. The van der Waals surface area contributed by atoms with Gasteiger partial charge in [0.25, 0.3) is 10.0 Å². The highest BCUT2D eigenvalue weighted by atomic mass is 32.2. The van der Waals surface area contributed by atoms with Crippen LogP contribution >= 0.6 is 0 Å². The third kappa shape index (κ3) is 7.01. The molecule has 0 saturated heterocycles. The average molecular weight is 527 g/mol. The van der Waals surface area contributed by atoms with Gasteiger partial charge in [-0.05, 0) is 73.5 Å². The van der Waals surface area contributed by atoms with Gasteiger partial charge < -0.3 is 19.5 Å². The van der Waals surface area contributed by atoms with Crippen LogP contribution in [0.25, 0.3) is 0 Å². The van der Waals surface area contributed by atoms with Crippen molar-refractivity contribution in [1.29, 1.82) is 0 Å². The van der Waals surface area contributed by atoms with Crippen molar-refractivity contribution in [2.24, 2.45) is 0 Å². The molecule has 0 saturated carbocycles. The fourth-order valence-electron chi connectivity index (χ4n) is 3.58. The molecule has 0 bridgehead atoms. The summed E-state index contributed by atoms with van der Waals surface area (Å²) in [5.74, 6) is -0.182. The SMILES string of the molecule is CCOC(=O)Cc1ccc(NC(=O)CN(c2ccc(OC)cc2)S(=O)(=O)c2cc(C)ccc2OC)cc1. The van der Waals surface area contributed by atoms with Crippen LogP contribution in [0.3, 0.4) is 0 Å². The number of amides is 1. The van der Waals surface area contributed by atoms with Crippen molar-refractivity contribution in [2.45, 2.75) is 25.2 Å². The minimum Gasteiger partial charge on any atom is -0.497 e. The summed E-state index contributed by atoms with van der Waals surface area (Å²) in [6.45, 7) is 3.32. The second-order valence-corrected chi connectivity index (χ2v) is 9.92. The van der Waals surface area contributed by atoms with Gasteiger partial charge in [0.15, 0.2) is 0 Å². The maximum atomic E-state index is 13.8. The Kier molecular flexibility index (Phi) is 9.13. The molecule has 3 rings (SSSR count). The molecule has 0 fully saturated rings. The lowest BCUT2D eigenvalue weighted by atomic mass is 10.1. The fourth-order valence-corrected chi connectivity index (χ4v) is 5.25. The first kappa shape index (κ1) is 27.5. The van der Waals surface area contributed by atoms with Crippen molar-refractivity contribution >= 4 is 33.3 Å². The zero-order valence-electron chi connectivity index (χ0n) is 21.2. The summed E-state index contributed by atoms with van der Waals surface area (Å²) in [4.78, 5) is 24.6. The van der Waals surface area contributed by atoms with Crippen LogP contribution in [0.2, 0.25) is 0 Å². The number of hydrogen-bond acceptors (Lipinski definition) is 7. The van der Waals surface area contributed by atoms with Gasteiger partial charge in [-0.15, -0.1) is 0 Å². The van der Waals surface area contributed by atoms with Crippen LogP contribution in [0.15, 0.2) is 71.6 Å². The van der Waals surface area contributed by atoms with Crippen LogP contribution < -0.4 is 19.1 Å². The van der Waals surface area contributed by atoms with E-state index < -0.39 is 22.5 Å². The van der Waals surface area contributed by atoms with Crippen LogP contribution in [0.5, 0.6) is 11.5 Å². The smallest absolute Gasteiger partial charge is 0.310 e. The van der Waals surface area contributed by atoms with Gasteiger partial charge in [-0.25, -0.2) is 8.42 Å². The number of sulfonamides is 1. The maximum Gasteiger partial charge on any atom is 0.310 e. The zero-order chi connectivity index (χ0) is 27.0. The molecule has 1 N–H and O–H groups in total. The summed E-state index contributed by atoms with van der Waals surface area (Å²) in [5, 5.41) is 2.72. The lowest BCUT2D eigenvalue weighted by Crippen LogP contribution is -2.38. The second-order valence-electron chi connectivity index (χ2n) is 8.09. The van der Waals surface area contributed by atoms with E-state index in [9.17, 15) is 18.0 Å². The Morgan fingerprint density at radius 1 is 0.919 bits per heavy atom. The summed E-state index contributed by atoms with van der Waals surface area (Å²) in [6.07, 6.45) is 0.115. The number of nitrogens with zero attached hydrogens (tertiary/aromatic N) is 1. The van der Waals surface area contributed by atoms with E-state index in [0.29, 0.717) is 18.0 Å². The number of aryl methyl sites for hydroxylation is 1. The molecule has 37 heavy (non-hydrogen) atoms. The Hall–Kier alpha value is -4.05. The van der Waals surface area contributed by atoms with E-state index in [1.165, 1.54) is 20.3 Å². The summed E-state index contributed by atoms with van der Waals surface area (Å²) in [5.41, 5.74) is 2.19. The molecule has 0 aliphatic rings. The first-order chi connectivity index (χ1) is 17.7. The highest BCUT2D eigenvalue weighted by molar-refractivity contribution is 7.93. The van der Waals surface area contributed by atoms with E-state index >= 15 is 0 Å². The van der Waals surface area contributed by atoms with Crippen molar-refractivity contribution in [3.8, 4) is 11.5 Å². The van der Waals surface area contributed by atoms with E-state index in [0.717, 1.165) is 15.4 Å². The minimum atomic E-state index is -4.20. The molecule has 0 unspecified atom stereocenters. The van der Waals surface area contributed by atoms with E-state index in [1.807, 2.05) is 0 Å². The average Bonchev–Trinajstić information content (AvgIpc) is 2.88. The highest BCUT2D eigenvalue weighted by Gasteiger charge is 2.30. The maximum absolute atomic E-state index is 13.8. The number of carbonyl (C=O) groups excluding carboxylic acids is 2. The molecule has 3 aromatic rings. The van der Waals surface area contributed by atoms with Gasteiger partial charge in [0.05, 0.1) is 32.9 Å². The molecule has 3 aromatic carbocycles. The van der Waals surface area contributed by atoms with Crippen LogP contribution in [0, 0.1) is 6.92 Å². The van der Waals surface area contributed by atoms with Crippen molar-refractivity contribution in [3.63, 3.8) is 0 Å². The lowest BCUT2D eigenvalue weighted by Gasteiger charge is -2.25. The molecule has 0 radical (unpaired) electrons. The van der Waals surface area contributed by atoms with Crippen LogP contribution in [-0.4, -0.2) is 47.7 Å². The molecule has 0 atom stereocenters. The normalized spacial score (nSPS) is 10.9. The summed E-state index contributed by atoms with van der Waals surface area (Å²) in [6, 6.07) is 17.9. The summed E-state index contributed by atoms with van der Waals surface area (Å²) < 4.78 is 44.1. The molecule has 0 aromatic heterocycles. The first-order valence-electron chi connectivity index (χ1n) is 11.5. The Labute approximate surface area is 217 Å². The number of methoxy groups -OCH3 is 2. The van der Waals surface area contributed by atoms with E-state index in [4.69, 9.17) is 14.2 Å². The van der Waals surface area contributed by atoms with E-state index in [-0.39, 0.29) is 28.7 Å². The molecule has 1 amide bonds. The number of esters is 1. The summed E-state index contributed by atoms with van der Waals surface area (Å²) >= 11 is 0. The van der Waals surface area contributed by atoms with Crippen molar-refractivity contribution in [3.05, 3.63) is 77.9 Å². The Balaban J connectivity index is 1.88. The zero-order valence-corrected chi connectivity index (χ0v) is 22.0. The molecular formula is C27H30N2O7S. The quantitative estimate of drug-likeness (QED) is 0.377. The van der Waals surface area contributed by atoms with Crippen LogP contribution in [0.1, 0.15) is 18.1 Å². The molecular weight excluding hydrogens is 496 g/mol. The number of anilines is 2. The van der Waals surface area contributed by atoms with E-state index in [2.05, 4.69) is 5.32 Å². The lowest BCUT2D eigenvalue weighted by molar-refractivity contribution is -0.142. The number of ether oxygens (including phenoxy) is 3. The van der Waals surface area contributed by atoms with E-state index in [1.54, 1.807) is 74.5 Å². The van der Waals surface area contributed by atoms with Crippen molar-refractivity contribution in [2.75, 3.05) is 37.0 Å². The Morgan fingerprint density at radius 3 is 2.19 bits per heavy atom. The Bertz CT molecular complexity index is 1340. The predicted molar refractivity (Wildman–Crippen MR) is 141 cm³/mol. The fraction of sp³-hybridized carbons (Fsp3) is 0.259. The third-order valence-corrected chi connectivity index (χ3v) is 7.22. The topological polar surface area (TPSA) is 111 Å². The molecule has 10 heteroatoms. The molecule has 196 valence electrons. The van der Waals surface area contributed by atoms with Gasteiger partial charge in [-0.1, -0.05) is 18.2 Å². The molecule has 0 spiro atoms. The van der Waals surface area contributed by atoms with Crippen LogP contribution in [-0.2, 0) is 30.8 Å². The highest BCUT2D eigenvalue weighted by Crippen LogP contribution is 2.31. The minimum absolute atomic E-state index is 0.0538. The monoisotopic (exact) mass is 526 g/mol. The van der Waals surface area contributed by atoms with Crippen molar-refractivity contribution < 1.29 is 32.2 Å². The standard InChI is InChI=1S/C27H30N2O7S/c1-5-36-27(31)17-20-7-9-21(10-8-20)28-26(30)18-29(22-11-13-23(34-3)14-12-22)37(32,33)25-16-19(2)6-15-24(25)35-4/h6-16H,5,17-18H2,1-4H3,(H,28,30). The largest absolute Gasteiger partial charge is 0.497 e. The second kappa shape index (κ2) is 12.3. The molecule has 0 heterocycles. The number of benzene rings is 3. The van der Waals surface area contributed by atoms with Crippen molar-refractivity contribution in [1.82, 2.24) is 0 Å². The third-order valence-electron chi connectivity index (χ3n) is 5.43. The number of hydrogen-bond donors (Lipinski definition) is 1. The molecule has 0 aliphatic carbocycles. The van der Waals surface area contributed by atoms with Gasteiger partial charge in [-0.3, -0.25) is 13.9 Å². The van der Waals surface area contributed by atoms with Gasteiger partial charge in [0, 0.05) is 5.69 Å². The predicted octanol–water partition coefficient (Wildman–Crippen LogP) is 3.95. The van der Waals surface area contributed by atoms with Gasteiger partial charge in [0.1, 0.15) is 22.9 Å². The number of carbonyl (C=O) groups is 2. The van der Waals surface area contributed by atoms with Crippen LogP contribution in [0.4, 0.5) is 11.4 Å². The van der Waals surface area contributed by atoms with Gasteiger partial charge >= 0.3 is 5.97 Å². The Morgan fingerprint density at radius 2 is 1.59 bits per heavy atom.